The van der Waals surface area contributed by atoms with E-state index in [4.69, 9.17) is 4.74 Å². The first-order chi connectivity index (χ1) is 16.8. The molecule has 1 spiro atoms. The number of anilines is 1. The van der Waals surface area contributed by atoms with E-state index in [1.807, 2.05) is 30.5 Å². The quantitative estimate of drug-likeness (QED) is 0.544. The Kier molecular flexibility index (Phi) is 4.83. The Hall–Kier alpha value is -3.59. The zero-order valence-corrected chi connectivity index (χ0v) is 18.5. The van der Waals surface area contributed by atoms with Gasteiger partial charge in [0.15, 0.2) is 0 Å². The van der Waals surface area contributed by atoms with Crippen LogP contribution in [0.3, 0.4) is 0 Å². The highest BCUT2D eigenvalue weighted by atomic mass is 19.4. The van der Waals surface area contributed by atoms with Crippen LogP contribution in [0.1, 0.15) is 11.1 Å². The zero-order chi connectivity index (χ0) is 24.4. The maximum absolute atomic E-state index is 13.4. The minimum Gasteiger partial charge on any atom is -0.361 e. The average Bonchev–Trinajstić information content (AvgIpc) is 3.59. The van der Waals surface area contributed by atoms with Crippen molar-refractivity contribution in [3.63, 3.8) is 0 Å². The molecule has 2 bridgehead atoms. The van der Waals surface area contributed by atoms with Gasteiger partial charge in [0.2, 0.25) is 11.8 Å². The number of hydrogen-bond donors (Lipinski definition) is 2. The molecule has 0 aliphatic carbocycles. The predicted octanol–water partition coefficient (Wildman–Crippen LogP) is 3.83. The van der Waals surface area contributed by atoms with Crippen LogP contribution in [-0.4, -0.2) is 41.6 Å². The molecule has 2 saturated heterocycles. The second kappa shape index (κ2) is 7.71. The molecule has 2 fully saturated rings. The number of para-hydroxylation sites is 1. The first-order valence-corrected chi connectivity index (χ1v) is 11.5. The molecule has 3 aliphatic heterocycles. The third kappa shape index (κ3) is 3.44. The second-order valence-corrected chi connectivity index (χ2v) is 9.27. The number of aromatic nitrogens is 1. The molecule has 2 aromatic carbocycles. The van der Waals surface area contributed by atoms with Crippen molar-refractivity contribution in [2.75, 3.05) is 18.0 Å². The SMILES string of the molecule is O=C(NCCc1c[nH]c2ccccc12)C1C2C=CC3(CN(c4cccc(C(F)(F)F)c4)C(=O)C13)O2. The number of aromatic amines is 1. The monoisotopic (exact) mass is 481 g/mol. The highest BCUT2D eigenvalue weighted by molar-refractivity contribution is 6.03. The van der Waals surface area contributed by atoms with Crippen molar-refractivity contribution >= 4 is 28.4 Å². The van der Waals surface area contributed by atoms with Gasteiger partial charge in [0.1, 0.15) is 5.60 Å². The molecule has 6 nitrogen and oxygen atoms in total. The lowest BCUT2D eigenvalue weighted by molar-refractivity contribution is -0.137. The number of carbonyl (C=O) groups is 2. The van der Waals surface area contributed by atoms with Gasteiger partial charge in [0.25, 0.3) is 0 Å². The number of H-pyrrole nitrogens is 1. The van der Waals surface area contributed by atoms with Crippen molar-refractivity contribution < 1.29 is 27.5 Å². The molecule has 180 valence electrons. The number of rotatable bonds is 5. The number of carbonyl (C=O) groups excluding carboxylic acids is 2. The van der Waals surface area contributed by atoms with Gasteiger partial charge in [-0.1, -0.05) is 36.4 Å². The molecule has 2 N–H and O–H groups in total. The third-order valence-corrected chi connectivity index (χ3v) is 7.26. The summed E-state index contributed by atoms with van der Waals surface area (Å²) >= 11 is 0. The summed E-state index contributed by atoms with van der Waals surface area (Å²) in [5, 5.41) is 4.03. The van der Waals surface area contributed by atoms with E-state index in [9.17, 15) is 22.8 Å². The van der Waals surface area contributed by atoms with Crippen LogP contribution in [0.15, 0.2) is 66.9 Å². The Morgan fingerprint density at radius 2 is 2.03 bits per heavy atom. The Bertz CT molecular complexity index is 1360. The first kappa shape index (κ1) is 21.9. The van der Waals surface area contributed by atoms with Crippen molar-refractivity contribution in [2.24, 2.45) is 11.8 Å². The Morgan fingerprint density at radius 1 is 1.20 bits per heavy atom. The van der Waals surface area contributed by atoms with E-state index in [0.29, 0.717) is 13.0 Å². The van der Waals surface area contributed by atoms with Crippen LogP contribution < -0.4 is 10.2 Å². The molecule has 3 aliphatic rings. The van der Waals surface area contributed by atoms with Crippen molar-refractivity contribution in [1.29, 1.82) is 0 Å². The van der Waals surface area contributed by atoms with Crippen molar-refractivity contribution in [3.8, 4) is 0 Å². The van der Waals surface area contributed by atoms with E-state index in [2.05, 4.69) is 10.3 Å². The number of nitrogens with one attached hydrogen (secondary N) is 2. The molecule has 4 heterocycles. The molecule has 4 atom stereocenters. The maximum Gasteiger partial charge on any atom is 0.416 e. The smallest absolute Gasteiger partial charge is 0.361 e. The topological polar surface area (TPSA) is 74.4 Å². The van der Waals surface area contributed by atoms with Gasteiger partial charge in [-0.15, -0.1) is 0 Å². The Morgan fingerprint density at radius 3 is 2.86 bits per heavy atom. The number of ether oxygens (including phenoxy) is 1. The molecule has 9 heteroatoms. The molecule has 4 unspecified atom stereocenters. The lowest BCUT2D eigenvalue weighted by atomic mass is 9.77. The van der Waals surface area contributed by atoms with Gasteiger partial charge >= 0.3 is 6.18 Å². The van der Waals surface area contributed by atoms with Crippen LogP contribution in [0.4, 0.5) is 18.9 Å². The standard InChI is InChI=1S/C26H22F3N3O3/c27-26(28,29)16-4-3-5-17(12-16)32-14-25-10-8-20(35-25)21(22(25)24(32)34)23(33)30-11-9-15-13-31-19-7-2-1-6-18(15)19/h1-8,10,12-13,20-22,31H,9,11,14H2,(H,30,33). The summed E-state index contributed by atoms with van der Waals surface area (Å²) in [5.41, 5.74) is 0.412. The van der Waals surface area contributed by atoms with Crippen LogP contribution in [0.2, 0.25) is 0 Å². The van der Waals surface area contributed by atoms with E-state index in [1.54, 1.807) is 12.2 Å². The molecule has 0 radical (unpaired) electrons. The zero-order valence-electron chi connectivity index (χ0n) is 18.5. The van der Waals surface area contributed by atoms with E-state index in [1.165, 1.54) is 17.0 Å². The van der Waals surface area contributed by atoms with E-state index in [0.717, 1.165) is 28.6 Å². The minimum atomic E-state index is -4.52. The van der Waals surface area contributed by atoms with E-state index >= 15 is 0 Å². The summed E-state index contributed by atoms with van der Waals surface area (Å²) in [7, 11) is 0. The summed E-state index contributed by atoms with van der Waals surface area (Å²) in [6.45, 7) is 0.461. The Labute approximate surface area is 198 Å². The van der Waals surface area contributed by atoms with Gasteiger partial charge in [0, 0.05) is 29.3 Å². The van der Waals surface area contributed by atoms with Crippen molar-refractivity contribution in [2.45, 2.75) is 24.3 Å². The predicted molar refractivity (Wildman–Crippen MR) is 123 cm³/mol. The molecular formula is C26H22F3N3O3. The minimum absolute atomic E-state index is 0.0733. The third-order valence-electron chi connectivity index (χ3n) is 7.26. The van der Waals surface area contributed by atoms with Crippen LogP contribution in [-0.2, 0) is 26.9 Å². The summed E-state index contributed by atoms with van der Waals surface area (Å²) in [4.78, 5) is 31.1. The average molecular weight is 481 g/mol. The number of fused-ring (bicyclic) bond motifs is 2. The molecule has 3 aromatic rings. The molecule has 2 amide bonds. The van der Waals surface area contributed by atoms with Crippen LogP contribution in [0.5, 0.6) is 0 Å². The fraction of sp³-hybridized carbons (Fsp3) is 0.308. The van der Waals surface area contributed by atoms with Gasteiger partial charge in [-0.25, -0.2) is 0 Å². The molecular weight excluding hydrogens is 459 g/mol. The van der Waals surface area contributed by atoms with Crippen LogP contribution in [0, 0.1) is 11.8 Å². The number of alkyl halides is 3. The Balaban J connectivity index is 1.19. The van der Waals surface area contributed by atoms with Crippen LogP contribution in [0.25, 0.3) is 10.9 Å². The highest BCUT2D eigenvalue weighted by Crippen LogP contribution is 2.52. The molecule has 0 saturated carbocycles. The first-order valence-electron chi connectivity index (χ1n) is 11.5. The summed E-state index contributed by atoms with van der Waals surface area (Å²) in [6.07, 6.45) is 1.05. The largest absolute Gasteiger partial charge is 0.416 e. The molecule has 35 heavy (non-hydrogen) atoms. The lowest BCUT2D eigenvalue weighted by Gasteiger charge is -2.23. The van der Waals surface area contributed by atoms with Gasteiger partial charge in [-0.3, -0.25) is 9.59 Å². The molecule has 1 aromatic heterocycles. The summed E-state index contributed by atoms with van der Waals surface area (Å²) in [6, 6.07) is 12.6. The second-order valence-electron chi connectivity index (χ2n) is 9.27. The maximum atomic E-state index is 13.4. The number of amides is 2. The normalized spacial score (nSPS) is 27.1. The van der Waals surface area contributed by atoms with Crippen molar-refractivity contribution in [1.82, 2.24) is 10.3 Å². The number of benzene rings is 2. The van der Waals surface area contributed by atoms with Gasteiger partial charge < -0.3 is 19.9 Å². The van der Waals surface area contributed by atoms with Gasteiger partial charge in [0.05, 0.1) is 30.0 Å². The van der Waals surface area contributed by atoms with Gasteiger partial charge in [-0.2, -0.15) is 13.2 Å². The van der Waals surface area contributed by atoms with E-state index in [-0.39, 0.29) is 18.1 Å². The fourth-order valence-electron chi connectivity index (χ4n) is 5.64. The van der Waals surface area contributed by atoms with Crippen LogP contribution >= 0.6 is 0 Å². The number of nitrogens with zero attached hydrogens (tertiary/aromatic N) is 1. The number of hydrogen-bond acceptors (Lipinski definition) is 3. The summed E-state index contributed by atoms with van der Waals surface area (Å²) < 4.78 is 45.7. The molecule has 6 rings (SSSR count). The van der Waals surface area contributed by atoms with E-state index < -0.39 is 41.2 Å². The lowest BCUT2D eigenvalue weighted by Crippen LogP contribution is -2.44. The highest BCUT2D eigenvalue weighted by Gasteiger charge is 2.67. The van der Waals surface area contributed by atoms with Crippen molar-refractivity contribution in [3.05, 3.63) is 78.0 Å². The fourth-order valence-corrected chi connectivity index (χ4v) is 5.64. The number of halogens is 3. The summed E-state index contributed by atoms with van der Waals surface area (Å²) in [5.74, 6) is -2.19. The van der Waals surface area contributed by atoms with Gasteiger partial charge in [-0.05, 0) is 36.2 Å².